The first-order valence-electron chi connectivity index (χ1n) is 8.42. The number of piperidine rings is 1. The minimum atomic E-state index is -3.12. The van der Waals surface area contributed by atoms with Crippen LogP contribution in [0.1, 0.15) is 49.0 Å². The number of hydrogen-bond donors (Lipinski definition) is 0. The third-order valence-electron chi connectivity index (χ3n) is 4.43. The standard InChI is InChI=1S/C18H25NO5S/c1-13-5-4-6-14(2)19(13)17(20)11-24-18(21)16-9-7-15(8-10-16)12-25(3,22)23/h7-10,13-14H,4-6,11-12H2,1-3H3/t13-,14+. The van der Waals surface area contributed by atoms with Gasteiger partial charge in [-0.05, 0) is 50.8 Å². The van der Waals surface area contributed by atoms with E-state index in [1.54, 1.807) is 17.0 Å². The summed E-state index contributed by atoms with van der Waals surface area (Å²) in [5.41, 5.74) is 0.899. The molecule has 1 fully saturated rings. The maximum Gasteiger partial charge on any atom is 0.338 e. The molecule has 6 nitrogen and oxygen atoms in total. The van der Waals surface area contributed by atoms with Crippen molar-refractivity contribution in [2.45, 2.75) is 50.9 Å². The van der Waals surface area contributed by atoms with Gasteiger partial charge in [0.2, 0.25) is 0 Å². The van der Waals surface area contributed by atoms with E-state index in [2.05, 4.69) is 0 Å². The van der Waals surface area contributed by atoms with Gasteiger partial charge in [0, 0.05) is 18.3 Å². The Morgan fingerprint density at radius 2 is 1.68 bits per heavy atom. The zero-order valence-corrected chi connectivity index (χ0v) is 15.7. The Balaban J connectivity index is 1.92. The average Bonchev–Trinajstić information content (AvgIpc) is 2.51. The first kappa shape index (κ1) is 19.4. The van der Waals surface area contributed by atoms with Crippen LogP contribution in [0.5, 0.6) is 0 Å². The van der Waals surface area contributed by atoms with Gasteiger partial charge >= 0.3 is 5.97 Å². The Kier molecular flexibility index (Phi) is 6.21. The summed E-state index contributed by atoms with van der Waals surface area (Å²) in [7, 11) is -3.12. The van der Waals surface area contributed by atoms with Crippen LogP contribution in [0.4, 0.5) is 0 Å². The van der Waals surface area contributed by atoms with Gasteiger partial charge in [-0.3, -0.25) is 4.79 Å². The first-order valence-corrected chi connectivity index (χ1v) is 10.5. The summed E-state index contributed by atoms with van der Waals surface area (Å²) in [5, 5.41) is 0. The van der Waals surface area contributed by atoms with Crippen LogP contribution in [-0.2, 0) is 25.1 Å². The fraction of sp³-hybridized carbons (Fsp3) is 0.556. The molecule has 1 saturated heterocycles. The molecule has 0 radical (unpaired) electrons. The Labute approximate surface area is 149 Å². The largest absolute Gasteiger partial charge is 0.452 e. The van der Waals surface area contributed by atoms with Crippen molar-refractivity contribution < 1.29 is 22.7 Å². The van der Waals surface area contributed by atoms with Gasteiger partial charge in [-0.2, -0.15) is 0 Å². The molecule has 0 bridgehead atoms. The van der Waals surface area contributed by atoms with E-state index in [0.717, 1.165) is 25.5 Å². The predicted molar refractivity (Wildman–Crippen MR) is 94.9 cm³/mol. The van der Waals surface area contributed by atoms with E-state index in [0.29, 0.717) is 11.1 Å². The number of likely N-dealkylation sites (tertiary alicyclic amines) is 1. The molecule has 0 aliphatic carbocycles. The van der Waals surface area contributed by atoms with Gasteiger partial charge in [0.25, 0.3) is 5.91 Å². The Morgan fingerprint density at radius 3 is 2.20 bits per heavy atom. The van der Waals surface area contributed by atoms with E-state index in [4.69, 9.17) is 4.74 Å². The van der Waals surface area contributed by atoms with Crippen molar-refractivity contribution in [3.8, 4) is 0 Å². The zero-order chi connectivity index (χ0) is 18.6. The van der Waals surface area contributed by atoms with Crippen LogP contribution in [0.3, 0.4) is 0 Å². The molecular formula is C18H25NO5S. The van der Waals surface area contributed by atoms with Gasteiger partial charge in [0.1, 0.15) is 0 Å². The van der Waals surface area contributed by atoms with Crippen LogP contribution >= 0.6 is 0 Å². The second kappa shape index (κ2) is 7.99. The number of carbonyl (C=O) groups excluding carboxylic acids is 2. The molecule has 1 amide bonds. The predicted octanol–water partition coefficient (Wildman–Crippen LogP) is 2.18. The van der Waals surface area contributed by atoms with E-state index in [1.807, 2.05) is 13.8 Å². The normalized spacial score (nSPS) is 21.0. The number of rotatable bonds is 5. The summed E-state index contributed by atoms with van der Waals surface area (Å²) in [4.78, 5) is 26.2. The van der Waals surface area contributed by atoms with Gasteiger partial charge in [0.15, 0.2) is 16.4 Å². The minimum absolute atomic E-state index is 0.0778. The monoisotopic (exact) mass is 367 g/mol. The van der Waals surface area contributed by atoms with Crippen molar-refractivity contribution >= 4 is 21.7 Å². The Hall–Kier alpha value is -1.89. The topological polar surface area (TPSA) is 80.8 Å². The minimum Gasteiger partial charge on any atom is -0.452 e. The molecule has 1 aliphatic rings. The second-order valence-electron chi connectivity index (χ2n) is 6.77. The third-order valence-corrected chi connectivity index (χ3v) is 5.28. The number of esters is 1. The summed E-state index contributed by atoms with van der Waals surface area (Å²) in [6.45, 7) is 3.74. The highest BCUT2D eigenvalue weighted by Gasteiger charge is 2.29. The molecule has 25 heavy (non-hydrogen) atoms. The maximum atomic E-state index is 12.3. The maximum absolute atomic E-state index is 12.3. The van der Waals surface area contributed by atoms with Gasteiger partial charge in [-0.15, -0.1) is 0 Å². The van der Waals surface area contributed by atoms with Crippen LogP contribution < -0.4 is 0 Å². The highest BCUT2D eigenvalue weighted by atomic mass is 32.2. The van der Waals surface area contributed by atoms with Crippen molar-refractivity contribution in [3.05, 3.63) is 35.4 Å². The lowest BCUT2D eigenvalue weighted by atomic mass is 9.97. The molecule has 1 heterocycles. The Bertz CT molecular complexity index is 716. The average molecular weight is 367 g/mol. The van der Waals surface area contributed by atoms with Crippen molar-refractivity contribution in [2.75, 3.05) is 12.9 Å². The van der Waals surface area contributed by atoms with Crippen molar-refractivity contribution in [1.82, 2.24) is 4.90 Å². The number of benzene rings is 1. The smallest absolute Gasteiger partial charge is 0.338 e. The van der Waals surface area contributed by atoms with E-state index < -0.39 is 15.8 Å². The highest BCUT2D eigenvalue weighted by Crippen LogP contribution is 2.22. The molecule has 2 rings (SSSR count). The molecule has 0 saturated carbocycles. The number of ether oxygens (including phenoxy) is 1. The fourth-order valence-electron chi connectivity index (χ4n) is 3.24. The summed E-state index contributed by atoms with van der Waals surface area (Å²) in [6.07, 6.45) is 4.19. The molecule has 2 atom stereocenters. The summed E-state index contributed by atoms with van der Waals surface area (Å²) >= 11 is 0. The lowest BCUT2D eigenvalue weighted by molar-refractivity contribution is -0.140. The van der Waals surface area contributed by atoms with Crippen molar-refractivity contribution in [3.63, 3.8) is 0 Å². The van der Waals surface area contributed by atoms with E-state index >= 15 is 0 Å². The first-order chi connectivity index (χ1) is 11.7. The molecule has 138 valence electrons. The van der Waals surface area contributed by atoms with Gasteiger partial charge in [0.05, 0.1) is 11.3 Å². The third kappa shape index (κ3) is 5.56. The molecule has 0 unspecified atom stereocenters. The SMILES string of the molecule is C[C@@H]1CCC[C@H](C)N1C(=O)COC(=O)c1ccc(CS(C)(=O)=O)cc1. The number of nitrogens with zero attached hydrogens (tertiary/aromatic N) is 1. The Morgan fingerprint density at radius 1 is 1.12 bits per heavy atom. The van der Waals surface area contributed by atoms with Crippen LogP contribution in [-0.4, -0.2) is 50.1 Å². The zero-order valence-electron chi connectivity index (χ0n) is 14.9. The summed E-state index contributed by atoms with van der Waals surface area (Å²) in [6, 6.07) is 6.50. The van der Waals surface area contributed by atoms with Crippen molar-refractivity contribution in [2.24, 2.45) is 0 Å². The lowest BCUT2D eigenvalue weighted by Gasteiger charge is -2.38. The molecule has 1 aromatic rings. The number of sulfone groups is 1. The van der Waals surface area contributed by atoms with Crippen LogP contribution in [0.25, 0.3) is 0 Å². The van der Waals surface area contributed by atoms with Gasteiger partial charge < -0.3 is 9.64 Å². The molecular weight excluding hydrogens is 342 g/mol. The second-order valence-corrected chi connectivity index (χ2v) is 8.91. The molecule has 1 aromatic carbocycles. The van der Waals surface area contributed by atoms with Gasteiger partial charge in [-0.25, -0.2) is 13.2 Å². The van der Waals surface area contributed by atoms with Crippen LogP contribution in [0.2, 0.25) is 0 Å². The van der Waals surface area contributed by atoms with E-state index in [9.17, 15) is 18.0 Å². The quantitative estimate of drug-likeness (QED) is 0.745. The molecule has 0 N–H and O–H groups in total. The lowest BCUT2D eigenvalue weighted by Crippen LogP contribution is -2.49. The van der Waals surface area contributed by atoms with Gasteiger partial charge in [-0.1, -0.05) is 12.1 Å². The van der Waals surface area contributed by atoms with Crippen LogP contribution in [0, 0.1) is 0 Å². The molecule has 7 heteroatoms. The van der Waals surface area contributed by atoms with E-state index in [1.165, 1.54) is 12.1 Å². The number of hydrogen-bond acceptors (Lipinski definition) is 5. The molecule has 1 aliphatic heterocycles. The number of amides is 1. The number of carbonyl (C=O) groups is 2. The summed E-state index contributed by atoms with van der Waals surface area (Å²) in [5.74, 6) is -0.843. The molecule has 0 spiro atoms. The van der Waals surface area contributed by atoms with Crippen molar-refractivity contribution in [1.29, 1.82) is 0 Å². The summed E-state index contributed by atoms with van der Waals surface area (Å²) < 4.78 is 27.7. The highest BCUT2D eigenvalue weighted by molar-refractivity contribution is 7.89. The molecule has 0 aromatic heterocycles. The van der Waals surface area contributed by atoms with E-state index in [-0.39, 0.29) is 30.4 Å². The van der Waals surface area contributed by atoms with Crippen LogP contribution in [0.15, 0.2) is 24.3 Å². The fourth-order valence-corrected chi connectivity index (χ4v) is 4.04.